The van der Waals surface area contributed by atoms with E-state index < -0.39 is 0 Å². The number of carbonyl (C=O) groups is 2. The van der Waals surface area contributed by atoms with Crippen LogP contribution in [0.2, 0.25) is 0 Å². The van der Waals surface area contributed by atoms with Crippen molar-refractivity contribution < 1.29 is 19.4 Å². The van der Waals surface area contributed by atoms with E-state index >= 15 is 0 Å². The SMILES string of the molecule is C=C(C)/C(CCCN(C)C)=C(/C=C1/C/C(=C\C=C/CCCO)NC1=O)NCC.C=O.CCOC. The minimum atomic E-state index is -0.0419. The number of hydrogen-bond donors (Lipinski definition) is 3. The number of rotatable bonds is 13. The summed E-state index contributed by atoms with van der Waals surface area (Å²) in [6, 6.07) is 0. The van der Waals surface area contributed by atoms with E-state index in [1.54, 1.807) is 7.11 Å². The number of methoxy groups -OCH3 is 1. The molecular weight excluding hydrogens is 430 g/mol. The van der Waals surface area contributed by atoms with Gasteiger partial charge >= 0.3 is 0 Å². The summed E-state index contributed by atoms with van der Waals surface area (Å²) in [4.78, 5) is 22.6. The van der Waals surface area contributed by atoms with Gasteiger partial charge in [0, 0.05) is 50.3 Å². The maximum absolute atomic E-state index is 12.4. The van der Waals surface area contributed by atoms with E-state index in [9.17, 15) is 4.79 Å². The Morgan fingerprint density at radius 3 is 2.41 bits per heavy atom. The molecule has 0 aliphatic carbocycles. The molecule has 0 atom stereocenters. The van der Waals surface area contributed by atoms with Crippen LogP contribution in [0.3, 0.4) is 0 Å². The number of amides is 1. The zero-order valence-corrected chi connectivity index (χ0v) is 22.2. The van der Waals surface area contributed by atoms with Gasteiger partial charge in [-0.3, -0.25) is 4.79 Å². The first-order valence-electron chi connectivity index (χ1n) is 11.8. The second-order valence-corrected chi connectivity index (χ2v) is 7.97. The maximum atomic E-state index is 12.4. The van der Waals surface area contributed by atoms with Gasteiger partial charge < -0.3 is 30.2 Å². The molecule has 1 aliphatic rings. The van der Waals surface area contributed by atoms with Crippen molar-refractivity contribution in [2.75, 3.05) is 47.5 Å². The zero-order chi connectivity index (χ0) is 26.4. The monoisotopic (exact) mass is 477 g/mol. The Kier molecular flexibility index (Phi) is 22.1. The van der Waals surface area contributed by atoms with Gasteiger partial charge in [-0.1, -0.05) is 24.3 Å². The first kappa shape index (κ1) is 33.7. The summed E-state index contributed by atoms with van der Waals surface area (Å²) in [5.41, 5.74) is 4.88. The number of allylic oxidation sites excluding steroid dienone is 7. The average molecular weight is 478 g/mol. The molecule has 0 unspecified atom stereocenters. The molecule has 194 valence electrons. The molecule has 0 spiro atoms. The summed E-state index contributed by atoms with van der Waals surface area (Å²) in [7, 11) is 5.83. The quantitative estimate of drug-likeness (QED) is 0.212. The van der Waals surface area contributed by atoms with Crippen molar-refractivity contribution in [1.29, 1.82) is 0 Å². The normalized spacial score (nSPS) is 16.1. The van der Waals surface area contributed by atoms with Crippen LogP contribution in [0.4, 0.5) is 0 Å². The molecule has 7 nitrogen and oxygen atoms in total. The molecule has 1 rings (SSSR count). The van der Waals surface area contributed by atoms with Gasteiger partial charge in [0.25, 0.3) is 5.91 Å². The fourth-order valence-corrected chi connectivity index (χ4v) is 3.02. The lowest BCUT2D eigenvalue weighted by atomic mass is 9.99. The van der Waals surface area contributed by atoms with Crippen LogP contribution in [-0.2, 0) is 14.3 Å². The topological polar surface area (TPSA) is 90.9 Å². The van der Waals surface area contributed by atoms with Crippen LogP contribution in [-0.4, -0.2) is 70.2 Å². The third-order valence-corrected chi connectivity index (χ3v) is 4.76. The summed E-state index contributed by atoms with van der Waals surface area (Å²) >= 11 is 0. The van der Waals surface area contributed by atoms with Crippen molar-refractivity contribution in [3.05, 3.63) is 59.0 Å². The second kappa shape index (κ2) is 22.3. The number of nitrogens with zero attached hydrogens (tertiary/aromatic N) is 1. The summed E-state index contributed by atoms with van der Waals surface area (Å²) in [6.45, 7) is 15.0. The van der Waals surface area contributed by atoms with Gasteiger partial charge in [0.1, 0.15) is 6.79 Å². The number of aliphatic hydroxyl groups excluding tert-OH is 1. The predicted octanol–water partition coefficient (Wildman–Crippen LogP) is 3.89. The highest BCUT2D eigenvalue weighted by Crippen LogP contribution is 2.24. The second-order valence-electron chi connectivity index (χ2n) is 7.97. The Labute approximate surface area is 207 Å². The van der Waals surface area contributed by atoms with E-state index in [-0.39, 0.29) is 12.5 Å². The number of ether oxygens (including phenoxy) is 1. The Bertz CT molecular complexity index is 705. The third kappa shape index (κ3) is 16.2. The molecule has 0 aromatic carbocycles. The molecule has 1 fully saturated rings. The van der Waals surface area contributed by atoms with Crippen LogP contribution in [0.5, 0.6) is 0 Å². The zero-order valence-electron chi connectivity index (χ0n) is 22.2. The summed E-state index contributed by atoms with van der Waals surface area (Å²) in [5, 5.41) is 15.2. The lowest BCUT2D eigenvalue weighted by Crippen LogP contribution is -2.18. The maximum Gasteiger partial charge on any atom is 0.251 e. The molecule has 7 heteroatoms. The predicted molar refractivity (Wildman–Crippen MR) is 142 cm³/mol. The van der Waals surface area contributed by atoms with Gasteiger partial charge in [0.15, 0.2) is 0 Å². The molecule has 0 aromatic heterocycles. The summed E-state index contributed by atoms with van der Waals surface area (Å²) in [6.07, 6.45) is 12.0. The van der Waals surface area contributed by atoms with Gasteiger partial charge in [-0.15, -0.1) is 0 Å². The highest BCUT2D eigenvalue weighted by atomic mass is 16.5. The number of unbranched alkanes of at least 4 members (excludes halogenated alkanes) is 1. The van der Waals surface area contributed by atoms with E-state index in [1.807, 2.05) is 44.9 Å². The molecule has 0 radical (unpaired) electrons. The molecule has 0 aromatic rings. The van der Waals surface area contributed by atoms with E-state index in [2.05, 4.69) is 47.9 Å². The molecule has 1 amide bonds. The van der Waals surface area contributed by atoms with Crippen molar-refractivity contribution in [2.24, 2.45) is 0 Å². The van der Waals surface area contributed by atoms with E-state index in [0.717, 1.165) is 67.9 Å². The number of nitrogens with one attached hydrogen (secondary N) is 2. The Balaban J connectivity index is 0. The first-order valence-corrected chi connectivity index (χ1v) is 11.8. The summed E-state index contributed by atoms with van der Waals surface area (Å²) < 4.78 is 4.54. The van der Waals surface area contributed by atoms with Crippen LogP contribution in [0.25, 0.3) is 0 Å². The van der Waals surface area contributed by atoms with Gasteiger partial charge in [-0.2, -0.15) is 0 Å². The highest BCUT2D eigenvalue weighted by Gasteiger charge is 2.21. The Hall–Kier alpha value is -2.48. The number of likely N-dealkylation sites (N-methyl/N-ethyl adjacent to an activating group) is 1. The summed E-state index contributed by atoms with van der Waals surface area (Å²) in [5.74, 6) is -0.0419. The fraction of sp³-hybridized carbons (Fsp3) is 0.556. The number of carbonyl (C=O) groups excluding carboxylic acids is 2. The van der Waals surface area contributed by atoms with Crippen LogP contribution < -0.4 is 10.6 Å². The molecule has 34 heavy (non-hydrogen) atoms. The van der Waals surface area contributed by atoms with Gasteiger partial charge in [0.05, 0.1) is 0 Å². The van der Waals surface area contributed by atoms with Crippen molar-refractivity contribution in [3.63, 3.8) is 0 Å². The van der Waals surface area contributed by atoms with Crippen molar-refractivity contribution in [3.8, 4) is 0 Å². The van der Waals surface area contributed by atoms with Crippen LogP contribution in [0.1, 0.15) is 52.9 Å². The molecule has 1 heterocycles. The van der Waals surface area contributed by atoms with Crippen molar-refractivity contribution >= 4 is 12.7 Å². The lowest BCUT2D eigenvalue weighted by Gasteiger charge is -2.16. The van der Waals surface area contributed by atoms with Crippen LogP contribution in [0, 0.1) is 0 Å². The molecule has 0 saturated carbocycles. The van der Waals surface area contributed by atoms with Crippen LogP contribution >= 0.6 is 0 Å². The van der Waals surface area contributed by atoms with E-state index in [0.29, 0.717) is 6.42 Å². The van der Waals surface area contributed by atoms with E-state index in [1.165, 1.54) is 5.57 Å². The Morgan fingerprint density at radius 1 is 1.26 bits per heavy atom. The molecule has 1 saturated heterocycles. The highest BCUT2D eigenvalue weighted by molar-refractivity contribution is 5.98. The average Bonchev–Trinajstić information content (AvgIpc) is 3.16. The molecule has 1 aliphatic heterocycles. The first-order chi connectivity index (χ1) is 16.3. The van der Waals surface area contributed by atoms with Gasteiger partial charge in [0.2, 0.25) is 0 Å². The lowest BCUT2D eigenvalue weighted by molar-refractivity contribution is -0.115. The van der Waals surface area contributed by atoms with Crippen molar-refractivity contribution in [1.82, 2.24) is 15.5 Å². The minimum absolute atomic E-state index is 0.0419. The molecule has 0 bridgehead atoms. The smallest absolute Gasteiger partial charge is 0.251 e. The molecule has 3 N–H and O–H groups in total. The fourth-order valence-electron chi connectivity index (χ4n) is 3.02. The standard InChI is InChI=1S/C23H37N3O2.C3H8O.CH2O/c1-6-24-22(21(18(2)3)13-11-14-26(4)5)17-19-16-20(25-23(19)28)12-9-7-8-10-15-27;1-3-4-2;1-2/h7,9,12,17,24,27H,2,6,8,10-11,13-16H2,1,3-5H3,(H,25,28);3H2,1-2H3;1H2/b9-7-,19-17-,20-12+,22-21-;;. The number of aliphatic hydroxyl groups is 1. The molecular formula is C27H47N3O4. The largest absolute Gasteiger partial charge is 0.396 e. The van der Waals surface area contributed by atoms with Gasteiger partial charge in [-0.05, 0) is 84.8 Å². The third-order valence-electron chi connectivity index (χ3n) is 4.76. The van der Waals surface area contributed by atoms with Crippen LogP contribution in [0.15, 0.2) is 59.0 Å². The number of hydrogen-bond acceptors (Lipinski definition) is 6. The Morgan fingerprint density at radius 2 is 1.91 bits per heavy atom. The van der Waals surface area contributed by atoms with E-state index in [4.69, 9.17) is 9.90 Å². The minimum Gasteiger partial charge on any atom is -0.396 e. The van der Waals surface area contributed by atoms with Gasteiger partial charge in [-0.25, -0.2) is 0 Å². The van der Waals surface area contributed by atoms with Crippen molar-refractivity contribution in [2.45, 2.75) is 52.9 Å².